The second-order valence-electron chi connectivity index (χ2n) is 7.82. The zero-order chi connectivity index (χ0) is 24.8. The van der Waals surface area contributed by atoms with Crippen LogP contribution >= 0.6 is 34.8 Å². The van der Waals surface area contributed by atoms with Crippen LogP contribution in [0, 0.1) is 29.2 Å². The fourth-order valence-electron chi connectivity index (χ4n) is 3.74. The molecule has 1 N–H and O–H groups in total. The predicted molar refractivity (Wildman–Crippen MR) is 122 cm³/mol. The van der Waals surface area contributed by atoms with E-state index >= 15 is 0 Å². The van der Waals surface area contributed by atoms with E-state index in [9.17, 15) is 27.2 Å². The lowest BCUT2D eigenvalue weighted by molar-refractivity contribution is -0.117. The topological polar surface area (TPSA) is 46.2 Å². The Kier molecular flexibility index (Phi) is 6.64. The summed E-state index contributed by atoms with van der Waals surface area (Å²) in [4.78, 5) is 25.5. The van der Waals surface area contributed by atoms with Crippen molar-refractivity contribution in [1.29, 1.82) is 0 Å². The normalized spacial score (nSPS) is 18.4. The SMILES string of the molecule is O=C(Cc1ccc(F)cc1F)c1cc(NC(=O)[C@H]2[C@H](c3ccc(F)c(F)c3)C2(Cl)Cl)ccc1Cl. The average molecular weight is 531 g/mol. The van der Waals surface area contributed by atoms with E-state index in [1.807, 2.05) is 0 Å². The molecule has 0 aromatic heterocycles. The van der Waals surface area contributed by atoms with Gasteiger partial charge in [-0.1, -0.05) is 23.7 Å². The molecule has 0 bridgehead atoms. The van der Waals surface area contributed by atoms with Crippen molar-refractivity contribution in [3.05, 3.63) is 99.6 Å². The van der Waals surface area contributed by atoms with Crippen LogP contribution in [-0.4, -0.2) is 16.0 Å². The maximum atomic E-state index is 13.9. The summed E-state index contributed by atoms with van der Waals surface area (Å²) in [6, 6.07) is 10.1. The third kappa shape index (κ3) is 4.78. The number of benzene rings is 3. The zero-order valence-corrected chi connectivity index (χ0v) is 19.3. The summed E-state index contributed by atoms with van der Waals surface area (Å²) in [5, 5.41) is 2.65. The summed E-state index contributed by atoms with van der Waals surface area (Å²) >= 11 is 18.6. The number of amides is 1. The Balaban J connectivity index is 1.51. The quantitative estimate of drug-likeness (QED) is 0.215. The van der Waals surface area contributed by atoms with Gasteiger partial charge < -0.3 is 5.32 Å². The molecule has 1 saturated carbocycles. The van der Waals surface area contributed by atoms with Gasteiger partial charge in [0.1, 0.15) is 16.0 Å². The van der Waals surface area contributed by atoms with Crippen LogP contribution in [0.3, 0.4) is 0 Å². The fraction of sp³-hybridized carbons (Fsp3) is 0.167. The second-order valence-corrected chi connectivity index (χ2v) is 9.67. The molecule has 4 rings (SSSR count). The van der Waals surface area contributed by atoms with Crippen molar-refractivity contribution < 1.29 is 27.2 Å². The molecule has 34 heavy (non-hydrogen) atoms. The molecule has 1 fully saturated rings. The van der Waals surface area contributed by atoms with Gasteiger partial charge in [-0.3, -0.25) is 9.59 Å². The molecule has 0 spiro atoms. The number of rotatable bonds is 6. The van der Waals surface area contributed by atoms with E-state index in [-0.39, 0.29) is 33.8 Å². The molecule has 0 saturated heterocycles. The van der Waals surface area contributed by atoms with Crippen LogP contribution in [0.4, 0.5) is 23.2 Å². The van der Waals surface area contributed by atoms with Crippen LogP contribution in [0.1, 0.15) is 27.4 Å². The van der Waals surface area contributed by atoms with Gasteiger partial charge in [0.15, 0.2) is 17.4 Å². The highest BCUT2D eigenvalue weighted by atomic mass is 35.5. The van der Waals surface area contributed by atoms with Crippen molar-refractivity contribution in [1.82, 2.24) is 0 Å². The van der Waals surface area contributed by atoms with Crippen molar-refractivity contribution in [2.24, 2.45) is 5.92 Å². The van der Waals surface area contributed by atoms with Gasteiger partial charge in [0.25, 0.3) is 0 Å². The summed E-state index contributed by atoms with van der Waals surface area (Å²) in [6.07, 6.45) is -0.378. The highest BCUT2D eigenvalue weighted by Crippen LogP contribution is 2.65. The molecule has 0 radical (unpaired) electrons. The Morgan fingerprint density at radius 3 is 2.29 bits per heavy atom. The molecular formula is C24H14Cl3F4NO2. The van der Waals surface area contributed by atoms with Gasteiger partial charge >= 0.3 is 0 Å². The Labute approximate surface area is 206 Å². The maximum absolute atomic E-state index is 13.9. The Hall–Kier alpha value is -2.61. The average Bonchev–Trinajstić information content (AvgIpc) is 3.35. The van der Waals surface area contributed by atoms with Crippen LogP contribution in [0.25, 0.3) is 0 Å². The Morgan fingerprint density at radius 2 is 1.62 bits per heavy atom. The van der Waals surface area contributed by atoms with Crippen molar-refractivity contribution in [2.45, 2.75) is 16.7 Å². The summed E-state index contributed by atoms with van der Waals surface area (Å²) < 4.78 is 52.3. The van der Waals surface area contributed by atoms with Gasteiger partial charge in [-0.2, -0.15) is 0 Å². The van der Waals surface area contributed by atoms with Crippen LogP contribution in [0.15, 0.2) is 54.6 Å². The van der Waals surface area contributed by atoms with Gasteiger partial charge in [0.2, 0.25) is 5.91 Å². The molecule has 1 amide bonds. The molecule has 1 aliphatic rings. The number of hydrogen-bond acceptors (Lipinski definition) is 2. The zero-order valence-electron chi connectivity index (χ0n) is 17.0. The van der Waals surface area contributed by atoms with Gasteiger partial charge in [-0.25, -0.2) is 17.6 Å². The van der Waals surface area contributed by atoms with E-state index in [2.05, 4.69) is 5.32 Å². The number of alkyl halides is 2. The minimum absolute atomic E-state index is 0.0131. The molecule has 3 aromatic carbocycles. The van der Waals surface area contributed by atoms with Crippen molar-refractivity contribution in [2.75, 3.05) is 5.32 Å². The third-order valence-electron chi connectivity index (χ3n) is 5.54. The van der Waals surface area contributed by atoms with E-state index in [0.29, 0.717) is 6.07 Å². The lowest BCUT2D eigenvalue weighted by Gasteiger charge is -2.10. The monoisotopic (exact) mass is 529 g/mol. The lowest BCUT2D eigenvalue weighted by Crippen LogP contribution is -2.17. The number of carbonyl (C=O) groups excluding carboxylic acids is 2. The van der Waals surface area contributed by atoms with E-state index in [4.69, 9.17) is 34.8 Å². The lowest BCUT2D eigenvalue weighted by atomic mass is 10.0. The first-order valence-electron chi connectivity index (χ1n) is 9.89. The molecular weight excluding hydrogens is 517 g/mol. The minimum Gasteiger partial charge on any atom is -0.326 e. The fourth-order valence-corrected chi connectivity index (χ4v) is 4.79. The largest absolute Gasteiger partial charge is 0.326 e. The molecule has 1 aliphatic carbocycles. The van der Waals surface area contributed by atoms with Crippen LogP contribution < -0.4 is 5.32 Å². The van der Waals surface area contributed by atoms with Crippen molar-refractivity contribution in [3.63, 3.8) is 0 Å². The molecule has 0 aliphatic heterocycles. The number of anilines is 1. The van der Waals surface area contributed by atoms with Gasteiger partial charge in [-0.15, -0.1) is 23.2 Å². The first-order valence-corrected chi connectivity index (χ1v) is 11.0. The number of carbonyl (C=O) groups is 2. The molecule has 10 heteroatoms. The third-order valence-corrected chi connectivity index (χ3v) is 6.81. The van der Waals surface area contributed by atoms with Crippen molar-refractivity contribution in [3.8, 4) is 0 Å². The summed E-state index contributed by atoms with van der Waals surface area (Å²) in [7, 11) is 0. The summed E-state index contributed by atoms with van der Waals surface area (Å²) in [5.41, 5.74) is 0.451. The summed E-state index contributed by atoms with van der Waals surface area (Å²) in [5.74, 6) is -6.68. The number of nitrogens with one attached hydrogen (secondary N) is 1. The van der Waals surface area contributed by atoms with Gasteiger partial charge in [0.05, 0.1) is 10.9 Å². The van der Waals surface area contributed by atoms with E-state index < -0.39 is 51.1 Å². The Morgan fingerprint density at radius 1 is 0.882 bits per heavy atom. The number of Topliss-reactive ketones (excluding diaryl/α,β-unsaturated/α-hetero) is 1. The minimum atomic E-state index is -1.54. The Bertz CT molecular complexity index is 1320. The van der Waals surface area contributed by atoms with Crippen LogP contribution in [-0.2, 0) is 11.2 Å². The van der Waals surface area contributed by atoms with Crippen LogP contribution in [0.2, 0.25) is 5.02 Å². The maximum Gasteiger partial charge on any atom is 0.231 e. The molecule has 3 nitrogen and oxygen atoms in total. The predicted octanol–water partition coefficient (Wildman–Crippen LogP) is 6.85. The molecule has 2 atom stereocenters. The highest BCUT2D eigenvalue weighted by molar-refractivity contribution is 6.53. The number of hydrogen-bond donors (Lipinski definition) is 1. The van der Waals surface area contributed by atoms with Crippen LogP contribution in [0.5, 0.6) is 0 Å². The second kappa shape index (κ2) is 9.21. The highest BCUT2D eigenvalue weighted by Gasteiger charge is 2.67. The molecule has 3 aromatic rings. The standard InChI is InChI=1S/C24H14Cl3F4NO2/c25-16-5-4-14(10-15(16)20(33)8-11-1-3-13(28)9-18(11)30)32-23(34)22-21(24(22,26)27)12-2-6-17(29)19(31)7-12/h1-7,9-10,21-22H,8H2,(H,32,34)/t21-,22+/m0/s1. The number of ketones is 1. The molecule has 0 unspecified atom stereocenters. The van der Waals surface area contributed by atoms with Gasteiger partial charge in [0, 0.05) is 29.7 Å². The molecule has 0 heterocycles. The smallest absolute Gasteiger partial charge is 0.231 e. The first kappa shape index (κ1) is 24.5. The molecule has 176 valence electrons. The van der Waals surface area contributed by atoms with E-state index in [0.717, 1.165) is 24.3 Å². The van der Waals surface area contributed by atoms with E-state index in [1.54, 1.807) is 0 Å². The van der Waals surface area contributed by atoms with E-state index in [1.165, 1.54) is 24.3 Å². The van der Waals surface area contributed by atoms with Gasteiger partial charge in [-0.05, 0) is 47.5 Å². The van der Waals surface area contributed by atoms with Crippen molar-refractivity contribution >= 4 is 52.2 Å². The first-order chi connectivity index (χ1) is 16.0. The number of halogens is 7. The summed E-state index contributed by atoms with van der Waals surface area (Å²) in [6.45, 7) is 0.